The van der Waals surface area contributed by atoms with Crippen LogP contribution in [0.3, 0.4) is 0 Å². The van der Waals surface area contributed by atoms with Gasteiger partial charge in [-0.2, -0.15) is 0 Å². The maximum Gasteiger partial charge on any atom is 0.318 e. The van der Waals surface area contributed by atoms with Crippen molar-refractivity contribution in [2.75, 3.05) is 24.6 Å². The number of Topliss-reactive ketones (excluding diaryl/α,β-unsaturated/α-hetero) is 1. The summed E-state index contributed by atoms with van der Waals surface area (Å²) < 4.78 is 4.91. The fraction of sp³-hybridized carbons (Fsp3) is 0.429. The van der Waals surface area contributed by atoms with Crippen LogP contribution in [0.15, 0.2) is 24.3 Å². The molecular formula is C14H18N2O3. The molecule has 1 aliphatic heterocycles. The summed E-state index contributed by atoms with van der Waals surface area (Å²) in [7, 11) is 0. The molecule has 0 spiro atoms. The molecule has 0 aliphatic carbocycles. The maximum atomic E-state index is 11.8. The van der Waals surface area contributed by atoms with Crippen LogP contribution in [0.5, 0.6) is 0 Å². The quantitative estimate of drug-likeness (QED) is 0.639. The molecule has 5 nitrogen and oxygen atoms in total. The molecule has 1 aromatic carbocycles. The van der Waals surface area contributed by atoms with Gasteiger partial charge in [0, 0.05) is 18.8 Å². The molecule has 102 valence electrons. The van der Waals surface area contributed by atoms with Gasteiger partial charge in [-0.1, -0.05) is 12.1 Å². The van der Waals surface area contributed by atoms with Gasteiger partial charge in [0.25, 0.3) is 0 Å². The predicted octanol–water partition coefficient (Wildman–Crippen LogP) is 0.714. The monoisotopic (exact) mass is 262 g/mol. The van der Waals surface area contributed by atoms with Crippen molar-refractivity contribution in [3.8, 4) is 0 Å². The van der Waals surface area contributed by atoms with E-state index in [1.165, 1.54) is 0 Å². The number of hydrogen-bond acceptors (Lipinski definition) is 5. The maximum absolute atomic E-state index is 11.8. The van der Waals surface area contributed by atoms with Crippen molar-refractivity contribution >= 4 is 17.4 Å². The summed E-state index contributed by atoms with van der Waals surface area (Å²) >= 11 is 0. The summed E-state index contributed by atoms with van der Waals surface area (Å²) in [6.45, 7) is 3.17. The molecule has 0 aromatic heterocycles. The number of carbonyl (C=O) groups excluding carboxylic acids is 2. The zero-order valence-electron chi connectivity index (χ0n) is 11.0. The zero-order chi connectivity index (χ0) is 13.8. The van der Waals surface area contributed by atoms with E-state index in [9.17, 15) is 9.59 Å². The average molecular weight is 262 g/mol. The van der Waals surface area contributed by atoms with Crippen molar-refractivity contribution in [1.29, 1.82) is 0 Å². The van der Waals surface area contributed by atoms with E-state index in [0.717, 1.165) is 11.3 Å². The number of nitrogens with two attached hydrogens (primary N) is 1. The van der Waals surface area contributed by atoms with Crippen molar-refractivity contribution in [2.24, 2.45) is 11.7 Å². The van der Waals surface area contributed by atoms with Gasteiger partial charge < -0.3 is 15.4 Å². The minimum atomic E-state index is -0.658. The summed E-state index contributed by atoms with van der Waals surface area (Å²) in [5, 5.41) is 0. The van der Waals surface area contributed by atoms with E-state index < -0.39 is 11.9 Å². The molecule has 1 saturated heterocycles. The van der Waals surface area contributed by atoms with Gasteiger partial charge in [0.05, 0.1) is 13.2 Å². The normalized spacial score (nSPS) is 18.7. The average Bonchev–Trinajstić information content (AvgIpc) is 2.81. The highest BCUT2D eigenvalue weighted by Crippen LogP contribution is 2.23. The Balaban J connectivity index is 2.07. The van der Waals surface area contributed by atoms with E-state index in [1.54, 1.807) is 6.92 Å². The number of anilines is 1. The number of nitrogens with zero attached hydrogens (tertiary/aromatic N) is 1. The van der Waals surface area contributed by atoms with Crippen LogP contribution in [0.2, 0.25) is 0 Å². The molecule has 1 atom stereocenters. The van der Waals surface area contributed by atoms with Crippen molar-refractivity contribution in [3.05, 3.63) is 29.8 Å². The first kappa shape index (κ1) is 13.5. The standard InChI is InChI=1S/C14H18N2O3/c1-2-19-14(18)12-8-16(9-13(12)17)11-5-3-10(7-15)4-6-11/h3-6,12H,2,7-9,15H2,1H3. The minimum Gasteiger partial charge on any atom is -0.465 e. The van der Waals surface area contributed by atoms with Crippen LogP contribution in [0.1, 0.15) is 12.5 Å². The van der Waals surface area contributed by atoms with Crippen molar-refractivity contribution in [3.63, 3.8) is 0 Å². The molecule has 0 saturated carbocycles. The van der Waals surface area contributed by atoms with E-state index in [2.05, 4.69) is 0 Å². The summed E-state index contributed by atoms with van der Waals surface area (Å²) in [6, 6.07) is 7.70. The molecular weight excluding hydrogens is 244 g/mol. The first-order chi connectivity index (χ1) is 9.15. The fourth-order valence-electron chi connectivity index (χ4n) is 2.17. The van der Waals surface area contributed by atoms with Gasteiger partial charge in [0.2, 0.25) is 0 Å². The van der Waals surface area contributed by atoms with Gasteiger partial charge in [-0.05, 0) is 24.6 Å². The third-order valence-corrected chi connectivity index (χ3v) is 3.25. The first-order valence-electron chi connectivity index (χ1n) is 6.39. The van der Waals surface area contributed by atoms with Crippen LogP contribution in [-0.2, 0) is 20.9 Å². The lowest BCUT2D eigenvalue weighted by Gasteiger charge is -2.17. The number of rotatable bonds is 4. The van der Waals surface area contributed by atoms with Gasteiger partial charge in [-0.15, -0.1) is 0 Å². The highest BCUT2D eigenvalue weighted by molar-refractivity contribution is 6.04. The Morgan fingerprint density at radius 2 is 2.11 bits per heavy atom. The lowest BCUT2D eigenvalue weighted by molar-refractivity contribution is -0.149. The Bertz CT molecular complexity index is 470. The van der Waals surface area contributed by atoms with E-state index in [-0.39, 0.29) is 12.3 Å². The highest BCUT2D eigenvalue weighted by Gasteiger charge is 2.37. The molecule has 5 heteroatoms. The first-order valence-corrected chi connectivity index (χ1v) is 6.39. The lowest BCUT2D eigenvalue weighted by Crippen LogP contribution is -2.25. The van der Waals surface area contributed by atoms with Gasteiger partial charge in [-0.25, -0.2) is 0 Å². The Morgan fingerprint density at radius 3 is 2.68 bits per heavy atom. The fourth-order valence-corrected chi connectivity index (χ4v) is 2.17. The molecule has 1 aliphatic rings. The Kier molecular flexibility index (Phi) is 4.16. The highest BCUT2D eigenvalue weighted by atomic mass is 16.5. The van der Waals surface area contributed by atoms with E-state index in [4.69, 9.17) is 10.5 Å². The van der Waals surface area contributed by atoms with Gasteiger partial charge >= 0.3 is 5.97 Å². The number of benzene rings is 1. The molecule has 0 amide bonds. The molecule has 1 heterocycles. The zero-order valence-corrected chi connectivity index (χ0v) is 11.0. The minimum absolute atomic E-state index is 0.0821. The Morgan fingerprint density at radius 1 is 1.42 bits per heavy atom. The van der Waals surface area contributed by atoms with Crippen LogP contribution < -0.4 is 10.6 Å². The summed E-state index contributed by atoms with van der Waals surface area (Å²) in [5.41, 5.74) is 7.51. The lowest BCUT2D eigenvalue weighted by atomic mass is 10.1. The van der Waals surface area contributed by atoms with E-state index in [0.29, 0.717) is 19.7 Å². The van der Waals surface area contributed by atoms with Gasteiger partial charge in [0.1, 0.15) is 5.92 Å². The number of hydrogen-bond donors (Lipinski definition) is 1. The Labute approximate surface area is 112 Å². The van der Waals surface area contributed by atoms with Crippen LogP contribution in [-0.4, -0.2) is 31.4 Å². The van der Waals surface area contributed by atoms with Crippen LogP contribution >= 0.6 is 0 Å². The number of ketones is 1. The molecule has 2 N–H and O–H groups in total. The second-order valence-corrected chi connectivity index (χ2v) is 4.52. The number of carbonyl (C=O) groups is 2. The number of ether oxygens (including phenoxy) is 1. The molecule has 1 aromatic rings. The summed E-state index contributed by atoms with van der Waals surface area (Å²) in [6.07, 6.45) is 0. The van der Waals surface area contributed by atoms with Crippen LogP contribution in [0.4, 0.5) is 5.69 Å². The van der Waals surface area contributed by atoms with E-state index >= 15 is 0 Å². The molecule has 0 radical (unpaired) electrons. The second-order valence-electron chi connectivity index (χ2n) is 4.52. The molecule has 0 bridgehead atoms. The van der Waals surface area contributed by atoms with Crippen molar-refractivity contribution in [2.45, 2.75) is 13.5 Å². The van der Waals surface area contributed by atoms with Crippen LogP contribution in [0, 0.1) is 5.92 Å². The molecule has 1 fully saturated rings. The topological polar surface area (TPSA) is 72.6 Å². The smallest absolute Gasteiger partial charge is 0.318 e. The largest absolute Gasteiger partial charge is 0.465 e. The summed E-state index contributed by atoms with van der Waals surface area (Å²) in [4.78, 5) is 25.4. The van der Waals surface area contributed by atoms with Gasteiger partial charge in [-0.3, -0.25) is 9.59 Å². The third kappa shape index (κ3) is 2.93. The van der Waals surface area contributed by atoms with Crippen molar-refractivity contribution < 1.29 is 14.3 Å². The molecule has 2 rings (SSSR count). The Hall–Kier alpha value is -1.88. The number of esters is 1. The summed E-state index contributed by atoms with van der Waals surface area (Å²) in [5.74, 6) is -1.16. The van der Waals surface area contributed by atoms with Gasteiger partial charge in [0.15, 0.2) is 5.78 Å². The molecule has 1 unspecified atom stereocenters. The molecule has 19 heavy (non-hydrogen) atoms. The third-order valence-electron chi connectivity index (χ3n) is 3.25. The van der Waals surface area contributed by atoms with E-state index in [1.807, 2.05) is 29.2 Å². The van der Waals surface area contributed by atoms with Crippen LogP contribution in [0.25, 0.3) is 0 Å². The second kappa shape index (κ2) is 5.84. The predicted molar refractivity (Wildman–Crippen MR) is 71.7 cm³/mol. The van der Waals surface area contributed by atoms with Crippen molar-refractivity contribution in [1.82, 2.24) is 0 Å². The SMILES string of the molecule is CCOC(=O)C1CN(c2ccc(CN)cc2)CC1=O.